The van der Waals surface area contributed by atoms with Crippen LogP contribution in [0.2, 0.25) is 0 Å². The fraction of sp³-hybridized carbons (Fsp3) is 0.278. The van der Waals surface area contributed by atoms with Gasteiger partial charge in [0, 0.05) is 12.6 Å². The van der Waals surface area contributed by atoms with Gasteiger partial charge in [-0.3, -0.25) is 23.9 Å². The van der Waals surface area contributed by atoms with Crippen molar-refractivity contribution in [2.24, 2.45) is 0 Å². The highest BCUT2D eigenvalue weighted by molar-refractivity contribution is 7.99. The number of benzene rings is 1. The van der Waals surface area contributed by atoms with Crippen LogP contribution in [-0.2, 0) is 11.3 Å². The fourth-order valence-electron chi connectivity index (χ4n) is 2.98. The van der Waals surface area contributed by atoms with E-state index in [0.717, 1.165) is 6.42 Å². The van der Waals surface area contributed by atoms with Crippen molar-refractivity contribution >= 4 is 40.2 Å². The Labute approximate surface area is 163 Å². The van der Waals surface area contributed by atoms with Crippen LogP contribution in [0.3, 0.4) is 0 Å². The highest BCUT2D eigenvalue weighted by atomic mass is 32.2. The quantitative estimate of drug-likeness (QED) is 0.497. The van der Waals surface area contributed by atoms with Crippen molar-refractivity contribution in [3.8, 4) is 0 Å². The van der Waals surface area contributed by atoms with Crippen LogP contribution >= 0.6 is 11.8 Å². The highest BCUT2D eigenvalue weighted by Gasteiger charge is 2.17. The third-order valence-corrected chi connectivity index (χ3v) is 5.08. The van der Waals surface area contributed by atoms with Crippen molar-refractivity contribution in [2.75, 3.05) is 11.1 Å². The van der Waals surface area contributed by atoms with Gasteiger partial charge in [-0.05, 0) is 25.5 Å². The molecule has 9 nitrogen and oxygen atoms in total. The van der Waals surface area contributed by atoms with Crippen molar-refractivity contribution in [1.82, 2.24) is 24.3 Å². The predicted octanol–water partition coefficient (Wildman–Crippen LogP) is 2.48. The third kappa shape index (κ3) is 3.26. The Kier molecular flexibility index (Phi) is 4.86. The van der Waals surface area contributed by atoms with Gasteiger partial charge in [0.25, 0.3) is 5.56 Å². The third-order valence-electron chi connectivity index (χ3n) is 4.15. The lowest BCUT2D eigenvalue weighted by Gasteiger charge is -2.10. The number of amides is 1. The van der Waals surface area contributed by atoms with Gasteiger partial charge in [-0.25, -0.2) is 0 Å². The molecule has 1 aromatic carbocycles. The van der Waals surface area contributed by atoms with Crippen LogP contribution in [0.5, 0.6) is 0 Å². The molecule has 28 heavy (non-hydrogen) atoms. The molecule has 4 aromatic rings. The van der Waals surface area contributed by atoms with Crippen molar-refractivity contribution in [1.29, 1.82) is 0 Å². The zero-order valence-electron chi connectivity index (χ0n) is 15.4. The minimum absolute atomic E-state index is 0.0904. The molecule has 3 aromatic heterocycles. The summed E-state index contributed by atoms with van der Waals surface area (Å²) in [5.41, 5.74) is 1.31. The molecule has 0 saturated carbocycles. The van der Waals surface area contributed by atoms with Gasteiger partial charge in [-0.15, -0.1) is 10.2 Å². The van der Waals surface area contributed by atoms with Crippen LogP contribution in [-0.4, -0.2) is 36.0 Å². The molecule has 0 aliphatic rings. The number of rotatable bonds is 6. The summed E-state index contributed by atoms with van der Waals surface area (Å²) in [4.78, 5) is 25.0. The van der Waals surface area contributed by atoms with Crippen LogP contribution in [0, 0.1) is 6.92 Å². The van der Waals surface area contributed by atoms with Crippen molar-refractivity contribution in [3.05, 3.63) is 46.4 Å². The van der Waals surface area contributed by atoms with Gasteiger partial charge in [0.15, 0.2) is 5.16 Å². The molecule has 1 N–H and O–H groups in total. The largest absolute Gasteiger partial charge is 0.338 e. The van der Waals surface area contributed by atoms with E-state index >= 15 is 0 Å². The molecule has 0 saturated heterocycles. The molecule has 1 amide bonds. The Morgan fingerprint density at radius 3 is 2.86 bits per heavy atom. The van der Waals surface area contributed by atoms with E-state index in [0.29, 0.717) is 40.0 Å². The average molecular weight is 398 g/mol. The van der Waals surface area contributed by atoms with E-state index in [4.69, 9.17) is 4.52 Å². The summed E-state index contributed by atoms with van der Waals surface area (Å²) in [5.74, 6) is 0.640. The number of fused-ring (bicyclic) bond motifs is 3. The standard InChI is InChI=1S/C18H18N6O3S/c1-3-8-23-16(26)12-6-4-5-7-13(12)24-17(23)20-21-18(24)28-10-14(25)19-15-9-11(2)22-27-15/h4-7,9H,3,8,10H2,1-2H3,(H,19,25). The molecule has 0 atom stereocenters. The molecule has 0 bridgehead atoms. The predicted molar refractivity (Wildman–Crippen MR) is 106 cm³/mol. The smallest absolute Gasteiger partial charge is 0.262 e. The number of carbonyl (C=O) groups excluding carboxylic acids is 1. The van der Waals surface area contributed by atoms with Gasteiger partial charge < -0.3 is 4.52 Å². The summed E-state index contributed by atoms with van der Waals surface area (Å²) in [6.45, 7) is 4.32. The first kappa shape index (κ1) is 18.2. The number of nitrogens with zero attached hydrogens (tertiary/aromatic N) is 5. The second-order valence-corrected chi connectivity index (χ2v) is 7.20. The van der Waals surface area contributed by atoms with Gasteiger partial charge >= 0.3 is 0 Å². The van der Waals surface area contributed by atoms with E-state index in [-0.39, 0.29) is 17.2 Å². The van der Waals surface area contributed by atoms with E-state index in [1.165, 1.54) is 11.8 Å². The maximum Gasteiger partial charge on any atom is 0.262 e. The molecule has 10 heteroatoms. The van der Waals surface area contributed by atoms with Crippen LogP contribution in [0.1, 0.15) is 19.0 Å². The number of aryl methyl sites for hydroxylation is 2. The normalized spacial score (nSPS) is 11.4. The average Bonchev–Trinajstić information content (AvgIpc) is 3.29. The Morgan fingerprint density at radius 2 is 2.11 bits per heavy atom. The number of thioether (sulfide) groups is 1. The monoisotopic (exact) mass is 398 g/mol. The number of carbonyl (C=O) groups is 1. The number of anilines is 1. The lowest BCUT2D eigenvalue weighted by Crippen LogP contribution is -2.23. The number of aromatic nitrogens is 5. The molecule has 0 aliphatic heterocycles. The molecular formula is C18H18N6O3S. The molecule has 3 heterocycles. The van der Waals surface area contributed by atoms with E-state index < -0.39 is 0 Å². The number of hydrogen-bond acceptors (Lipinski definition) is 7. The van der Waals surface area contributed by atoms with E-state index in [1.54, 1.807) is 23.6 Å². The highest BCUT2D eigenvalue weighted by Crippen LogP contribution is 2.22. The van der Waals surface area contributed by atoms with Crippen molar-refractivity contribution < 1.29 is 9.32 Å². The minimum atomic E-state index is -0.246. The lowest BCUT2D eigenvalue weighted by molar-refractivity contribution is -0.113. The van der Waals surface area contributed by atoms with Crippen LogP contribution in [0.4, 0.5) is 5.88 Å². The summed E-state index contributed by atoms with van der Waals surface area (Å²) < 4.78 is 8.44. The SMILES string of the molecule is CCCn1c(=O)c2ccccc2n2c(SCC(=O)Nc3cc(C)no3)nnc12. The van der Waals surface area contributed by atoms with E-state index in [9.17, 15) is 9.59 Å². The van der Waals surface area contributed by atoms with Gasteiger partial charge in [0.2, 0.25) is 17.6 Å². The number of para-hydroxylation sites is 1. The first-order chi connectivity index (χ1) is 13.6. The molecular weight excluding hydrogens is 380 g/mol. The summed E-state index contributed by atoms with van der Waals surface area (Å²) in [6.07, 6.45) is 0.794. The molecule has 4 rings (SSSR count). The topological polar surface area (TPSA) is 107 Å². The van der Waals surface area contributed by atoms with Gasteiger partial charge in [0.05, 0.1) is 22.3 Å². The minimum Gasteiger partial charge on any atom is -0.338 e. The molecule has 0 radical (unpaired) electrons. The lowest BCUT2D eigenvalue weighted by atomic mass is 10.2. The Bertz CT molecular complexity index is 1230. The maximum absolute atomic E-state index is 12.8. The van der Waals surface area contributed by atoms with E-state index in [1.807, 2.05) is 29.5 Å². The van der Waals surface area contributed by atoms with Gasteiger partial charge in [-0.2, -0.15) is 0 Å². The molecule has 0 fully saturated rings. The summed E-state index contributed by atoms with van der Waals surface area (Å²) in [5, 5.41) is 15.9. The zero-order valence-corrected chi connectivity index (χ0v) is 16.2. The number of nitrogens with one attached hydrogen (secondary N) is 1. The first-order valence-electron chi connectivity index (χ1n) is 8.81. The molecule has 144 valence electrons. The Balaban J connectivity index is 1.68. The molecule has 0 unspecified atom stereocenters. The fourth-order valence-corrected chi connectivity index (χ4v) is 3.72. The summed E-state index contributed by atoms with van der Waals surface area (Å²) in [6, 6.07) is 8.97. The van der Waals surface area contributed by atoms with Crippen molar-refractivity contribution in [3.63, 3.8) is 0 Å². The molecule has 0 aliphatic carbocycles. The Hall–Kier alpha value is -3.14. The Morgan fingerprint density at radius 1 is 1.29 bits per heavy atom. The van der Waals surface area contributed by atoms with Crippen molar-refractivity contribution in [2.45, 2.75) is 32.0 Å². The van der Waals surface area contributed by atoms with Gasteiger partial charge in [0.1, 0.15) is 0 Å². The summed E-state index contributed by atoms with van der Waals surface area (Å²) in [7, 11) is 0. The summed E-state index contributed by atoms with van der Waals surface area (Å²) >= 11 is 1.24. The first-order valence-corrected chi connectivity index (χ1v) is 9.79. The number of hydrogen-bond donors (Lipinski definition) is 1. The van der Waals surface area contributed by atoms with Crippen LogP contribution < -0.4 is 10.9 Å². The van der Waals surface area contributed by atoms with E-state index in [2.05, 4.69) is 20.7 Å². The maximum atomic E-state index is 12.8. The second-order valence-electron chi connectivity index (χ2n) is 6.26. The molecule has 0 spiro atoms. The van der Waals surface area contributed by atoms with Crippen LogP contribution in [0.25, 0.3) is 16.7 Å². The van der Waals surface area contributed by atoms with Crippen LogP contribution in [0.15, 0.2) is 44.8 Å². The van der Waals surface area contributed by atoms with Gasteiger partial charge in [-0.1, -0.05) is 36.0 Å². The zero-order chi connectivity index (χ0) is 19.7. The second kappa shape index (κ2) is 7.47.